The zero-order valence-corrected chi connectivity index (χ0v) is 20.7. The van der Waals surface area contributed by atoms with Crippen molar-refractivity contribution < 1.29 is 19.8 Å². The van der Waals surface area contributed by atoms with Gasteiger partial charge in [0.1, 0.15) is 5.82 Å². The van der Waals surface area contributed by atoms with Crippen LogP contribution in [0.2, 0.25) is 0 Å². The number of carbonyl (C=O) groups is 2. The molecule has 3 fully saturated rings. The van der Waals surface area contributed by atoms with E-state index in [1.165, 1.54) is 50.2 Å². The molecule has 2 N–H and O–H groups in total. The van der Waals surface area contributed by atoms with Gasteiger partial charge >= 0.3 is 0 Å². The van der Waals surface area contributed by atoms with E-state index in [0.717, 1.165) is 42.3 Å². The number of hydrogen-bond donors (Lipinski definition) is 2. The van der Waals surface area contributed by atoms with Crippen LogP contribution in [0, 0.1) is 25.7 Å². The number of rotatable bonds is 3. The van der Waals surface area contributed by atoms with Crippen LogP contribution in [-0.4, -0.2) is 99.9 Å². The molecule has 10 nitrogen and oxygen atoms in total. The summed E-state index contributed by atoms with van der Waals surface area (Å²) in [6, 6.07) is 3.46. The molecule has 0 aromatic carbocycles. The average Bonchev–Trinajstić information content (AvgIpc) is 3.26. The molecule has 3 saturated heterocycles. The van der Waals surface area contributed by atoms with Crippen LogP contribution < -0.4 is 4.90 Å². The zero-order chi connectivity index (χ0) is 24.8. The topological polar surface area (TPSA) is 115 Å². The minimum Gasteiger partial charge on any atom is -0.483 e. The van der Waals surface area contributed by atoms with Gasteiger partial charge in [0.15, 0.2) is 5.65 Å². The van der Waals surface area contributed by atoms with Crippen LogP contribution >= 0.6 is 0 Å². The molecule has 3 aliphatic rings. The summed E-state index contributed by atoms with van der Waals surface area (Å²) >= 11 is 0. The predicted octanol–water partition coefficient (Wildman–Crippen LogP) is 1.99. The molecule has 2 aromatic rings. The Morgan fingerprint density at radius 1 is 1.12 bits per heavy atom. The lowest BCUT2D eigenvalue weighted by molar-refractivity contribution is -0.123. The van der Waals surface area contributed by atoms with Gasteiger partial charge in [-0.2, -0.15) is 9.61 Å². The largest absolute Gasteiger partial charge is 0.483 e. The first-order valence-corrected chi connectivity index (χ1v) is 12.0. The Morgan fingerprint density at radius 2 is 1.79 bits per heavy atom. The van der Waals surface area contributed by atoms with Crippen molar-refractivity contribution in [2.24, 2.45) is 11.8 Å². The van der Waals surface area contributed by atoms with Gasteiger partial charge in [0.05, 0.1) is 6.20 Å². The number of carboxylic acid groups (broad SMARTS) is 2. The fraction of sp³-hybridized carbons (Fsp3) is 0.667. The molecule has 0 aliphatic carbocycles. The molecule has 0 unspecified atom stereocenters. The summed E-state index contributed by atoms with van der Waals surface area (Å²) in [6.45, 7) is 8.62. The molecule has 5 heterocycles. The number of aromatic nitrogens is 3. The van der Waals surface area contributed by atoms with Crippen molar-refractivity contribution in [3.8, 4) is 0 Å². The number of likely N-dealkylation sites (N-methyl/N-ethyl adjacent to an activating group) is 1. The fourth-order valence-electron chi connectivity index (χ4n) is 6.20. The van der Waals surface area contributed by atoms with E-state index in [1.807, 2.05) is 12.3 Å². The number of anilines is 1. The monoisotopic (exact) mass is 474 g/mol. The third-order valence-electron chi connectivity index (χ3n) is 7.46. The van der Waals surface area contributed by atoms with Crippen LogP contribution in [0.25, 0.3) is 5.65 Å². The van der Waals surface area contributed by atoms with Crippen molar-refractivity contribution >= 4 is 24.4 Å². The summed E-state index contributed by atoms with van der Waals surface area (Å²) in [5.74, 6) is 2.78. The second kappa shape index (κ2) is 11.6. The van der Waals surface area contributed by atoms with Crippen LogP contribution in [0.4, 0.5) is 5.82 Å². The first-order valence-electron chi connectivity index (χ1n) is 12.0. The van der Waals surface area contributed by atoms with E-state index in [2.05, 4.69) is 52.3 Å². The van der Waals surface area contributed by atoms with E-state index < -0.39 is 0 Å². The van der Waals surface area contributed by atoms with E-state index >= 15 is 0 Å². The van der Waals surface area contributed by atoms with Crippen LogP contribution in [0.3, 0.4) is 0 Å². The molecule has 188 valence electrons. The van der Waals surface area contributed by atoms with Gasteiger partial charge in [-0.15, -0.1) is 0 Å². The fourth-order valence-corrected chi connectivity index (χ4v) is 6.20. The van der Waals surface area contributed by atoms with Gasteiger partial charge in [0, 0.05) is 49.0 Å². The maximum Gasteiger partial charge on any atom is 0.290 e. The van der Waals surface area contributed by atoms with Crippen molar-refractivity contribution in [2.45, 2.75) is 51.6 Å². The van der Waals surface area contributed by atoms with E-state index in [0.29, 0.717) is 6.04 Å². The van der Waals surface area contributed by atoms with Gasteiger partial charge in [0.25, 0.3) is 12.9 Å². The number of piperidine rings is 3. The van der Waals surface area contributed by atoms with Crippen molar-refractivity contribution in [3.05, 3.63) is 23.5 Å². The molecule has 3 aliphatic heterocycles. The maximum atomic E-state index is 8.36. The lowest BCUT2D eigenvalue weighted by atomic mass is 9.72. The lowest BCUT2D eigenvalue weighted by Gasteiger charge is -2.57. The van der Waals surface area contributed by atoms with E-state index in [-0.39, 0.29) is 12.9 Å². The molecule has 2 aromatic heterocycles. The quantitative estimate of drug-likeness (QED) is 0.645. The Bertz CT molecular complexity index is 958. The Hall–Kier alpha value is -2.72. The number of fused-ring (bicyclic) bond motifs is 5. The predicted molar refractivity (Wildman–Crippen MR) is 130 cm³/mol. The van der Waals surface area contributed by atoms with E-state index in [1.54, 1.807) is 0 Å². The summed E-state index contributed by atoms with van der Waals surface area (Å²) in [5.41, 5.74) is 3.38. The van der Waals surface area contributed by atoms with Crippen LogP contribution in [0.1, 0.15) is 36.9 Å². The SMILES string of the molecule is Cc1nc2ccnn2c(N2C[C@H]3C[C@@H](C2)[C@H](CN(C)C)N2CCCC[C@@H]32)c1C.O=CO.O=CO. The summed E-state index contributed by atoms with van der Waals surface area (Å²) in [6.07, 6.45) is 7.42. The summed E-state index contributed by atoms with van der Waals surface area (Å²) < 4.78 is 2.07. The third-order valence-corrected chi connectivity index (χ3v) is 7.46. The summed E-state index contributed by atoms with van der Waals surface area (Å²) in [7, 11) is 4.46. The molecule has 0 saturated carbocycles. The van der Waals surface area contributed by atoms with Gasteiger partial charge in [0.2, 0.25) is 0 Å². The van der Waals surface area contributed by atoms with Crippen LogP contribution in [0.15, 0.2) is 12.3 Å². The second-order valence-electron chi connectivity index (χ2n) is 9.75. The molecule has 0 radical (unpaired) electrons. The van der Waals surface area contributed by atoms with Crippen molar-refractivity contribution in [2.75, 3.05) is 45.2 Å². The lowest BCUT2D eigenvalue weighted by Crippen LogP contribution is -2.65. The number of hydrogen-bond acceptors (Lipinski definition) is 7. The molecule has 10 heteroatoms. The standard InChI is InChI=1S/C22H34N6.2CH2O2/c1-15-16(2)24-21-8-9-23-28(21)22(15)26-12-17-11-18(13-26)20(14-25(3)4)27-10-6-5-7-19(17)27;2*2-1-3/h8-9,17-20H,5-7,10-14H2,1-4H3;2*1H,(H,2,3)/t17-,18+,19+,20+;;/m1../s1. The Kier molecular flexibility index (Phi) is 8.84. The van der Waals surface area contributed by atoms with Crippen LogP contribution in [-0.2, 0) is 9.59 Å². The molecule has 34 heavy (non-hydrogen) atoms. The van der Waals surface area contributed by atoms with Crippen LogP contribution in [0.5, 0.6) is 0 Å². The minimum absolute atomic E-state index is 0.250. The van der Waals surface area contributed by atoms with Gasteiger partial charge < -0.3 is 20.0 Å². The highest BCUT2D eigenvalue weighted by atomic mass is 16.3. The van der Waals surface area contributed by atoms with E-state index in [9.17, 15) is 0 Å². The Balaban J connectivity index is 0.000000492. The summed E-state index contributed by atoms with van der Waals surface area (Å²) in [4.78, 5) is 29.4. The smallest absolute Gasteiger partial charge is 0.290 e. The highest BCUT2D eigenvalue weighted by molar-refractivity contribution is 5.56. The molecule has 5 rings (SSSR count). The average molecular weight is 475 g/mol. The first-order chi connectivity index (χ1) is 16.4. The molecule has 4 atom stereocenters. The number of aryl methyl sites for hydroxylation is 1. The van der Waals surface area contributed by atoms with E-state index in [4.69, 9.17) is 24.8 Å². The molecule has 0 amide bonds. The maximum absolute atomic E-state index is 8.36. The van der Waals surface area contributed by atoms with Crippen molar-refractivity contribution in [1.29, 1.82) is 0 Å². The summed E-state index contributed by atoms with van der Waals surface area (Å²) in [5, 5.41) is 18.4. The molecular weight excluding hydrogens is 436 g/mol. The van der Waals surface area contributed by atoms with Gasteiger partial charge in [-0.25, -0.2) is 4.98 Å². The Morgan fingerprint density at radius 3 is 2.47 bits per heavy atom. The molecular formula is C24H38N6O4. The molecule has 2 bridgehead atoms. The normalized spacial score (nSPS) is 26.1. The first kappa shape index (κ1) is 25.9. The van der Waals surface area contributed by atoms with Crippen molar-refractivity contribution in [1.82, 2.24) is 24.4 Å². The van der Waals surface area contributed by atoms with Gasteiger partial charge in [-0.05, 0) is 65.6 Å². The van der Waals surface area contributed by atoms with Crippen molar-refractivity contribution in [3.63, 3.8) is 0 Å². The minimum atomic E-state index is -0.250. The molecule has 0 spiro atoms. The highest BCUT2D eigenvalue weighted by Crippen LogP contribution is 2.42. The Labute approximate surface area is 201 Å². The number of nitrogens with zero attached hydrogens (tertiary/aromatic N) is 6. The van der Waals surface area contributed by atoms with Gasteiger partial charge in [-0.3, -0.25) is 14.5 Å². The third kappa shape index (κ3) is 5.33. The zero-order valence-electron chi connectivity index (χ0n) is 20.7. The van der Waals surface area contributed by atoms with Gasteiger partial charge in [-0.1, -0.05) is 6.42 Å². The highest BCUT2D eigenvalue weighted by Gasteiger charge is 2.47. The second-order valence-corrected chi connectivity index (χ2v) is 9.75.